The quantitative estimate of drug-likeness (QED) is 0.458. The summed E-state index contributed by atoms with van der Waals surface area (Å²) in [6.45, 7) is 2.09. The maximum absolute atomic E-state index is 10.1. The monoisotopic (exact) mass is 179 g/mol. The van der Waals surface area contributed by atoms with E-state index in [4.69, 9.17) is 0 Å². The molecule has 0 amide bonds. The lowest BCUT2D eigenvalue weighted by molar-refractivity contribution is 0.459. The second kappa shape index (κ2) is 5.55. The molecule has 0 N–H and O–H groups in total. The van der Waals surface area contributed by atoms with Crippen LogP contribution in [0.1, 0.15) is 39.0 Å². The van der Waals surface area contributed by atoms with E-state index in [0.717, 1.165) is 25.7 Å². The fourth-order valence-electron chi connectivity index (χ4n) is 0.882. The highest BCUT2D eigenvalue weighted by atomic mass is 32.2. The molecular formula is C7H15O3S-. The first kappa shape index (κ1) is 10.9. The lowest BCUT2D eigenvalue weighted by Crippen LogP contribution is -2.03. The topological polar surface area (TPSA) is 57.2 Å². The molecule has 0 rings (SSSR count). The summed E-state index contributed by atoms with van der Waals surface area (Å²) < 4.78 is 30.3. The van der Waals surface area contributed by atoms with Crippen LogP contribution in [-0.4, -0.2) is 18.7 Å². The highest BCUT2D eigenvalue weighted by Gasteiger charge is 1.94. The zero-order valence-electron chi connectivity index (χ0n) is 6.88. The Hall–Kier alpha value is -0.0900. The molecule has 0 heterocycles. The van der Waals surface area contributed by atoms with Crippen LogP contribution in [0.3, 0.4) is 0 Å². The molecule has 0 saturated heterocycles. The summed E-state index contributed by atoms with van der Waals surface area (Å²) in [5.74, 6) is -0.198. The highest BCUT2D eigenvalue weighted by Crippen LogP contribution is 2.03. The van der Waals surface area contributed by atoms with Gasteiger partial charge in [-0.05, 0) is 6.42 Å². The van der Waals surface area contributed by atoms with E-state index in [2.05, 4.69) is 6.92 Å². The van der Waals surface area contributed by atoms with Gasteiger partial charge in [-0.2, -0.15) is 0 Å². The zero-order chi connectivity index (χ0) is 8.74. The smallest absolute Gasteiger partial charge is 0.0945 e. The van der Waals surface area contributed by atoms with Gasteiger partial charge in [0, 0.05) is 5.75 Å². The van der Waals surface area contributed by atoms with E-state index in [9.17, 15) is 13.0 Å². The van der Waals surface area contributed by atoms with Gasteiger partial charge in [-0.15, -0.1) is 0 Å². The van der Waals surface area contributed by atoms with Gasteiger partial charge in [-0.3, -0.25) is 0 Å². The zero-order valence-corrected chi connectivity index (χ0v) is 7.69. The molecule has 0 atom stereocenters. The first-order valence-electron chi connectivity index (χ1n) is 4.00. The SMILES string of the molecule is CCCCCCCS(=O)(=O)[O-]. The van der Waals surface area contributed by atoms with Crippen molar-refractivity contribution in [2.75, 3.05) is 5.75 Å². The van der Waals surface area contributed by atoms with Crippen LogP contribution in [-0.2, 0) is 10.1 Å². The average molecular weight is 179 g/mol. The fourth-order valence-corrected chi connectivity index (χ4v) is 1.44. The van der Waals surface area contributed by atoms with Crippen molar-refractivity contribution in [3.8, 4) is 0 Å². The van der Waals surface area contributed by atoms with Crippen molar-refractivity contribution in [3.63, 3.8) is 0 Å². The van der Waals surface area contributed by atoms with Crippen molar-refractivity contribution in [2.24, 2.45) is 0 Å². The van der Waals surface area contributed by atoms with Crippen LogP contribution < -0.4 is 0 Å². The highest BCUT2D eigenvalue weighted by molar-refractivity contribution is 7.85. The first-order chi connectivity index (χ1) is 5.06. The van der Waals surface area contributed by atoms with Crippen molar-refractivity contribution < 1.29 is 13.0 Å². The van der Waals surface area contributed by atoms with Crippen molar-refractivity contribution in [3.05, 3.63) is 0 Å². The van der Waals surface area contributed by atoms with Crippen LogP contribution in [0.15, 0.2) is 0 Å². The van der Waals surface area contributed by atoms with Gasteiger partial charge in [-0.1, -0.05) is 32.6 Å². The van der Waals surface area contributed by atoms with Gasteiger partial charge in [0.05, 0.1) is 10.1 Å². The molecule has 0 radical (unpaired) electrons. The Morgan fingerprint density at radius 2 is 1.64 bits per heavy atom. The van der Waals surface area contributed by atoms with E-state index in [-0.39, 0.29) is 5.75 Å². The van der Waals surface area contributed by atoms with Crippen molar-refractivity contribution in [1.29, 1.82) is 0 Å². The van der Waals surface area contributed by atoms with E-state index in [0.29, 0.717) is 6.42 Å². The Balaban J connectivity index is 3.16. The molecule has 68 valence electrons. The number of unbranched alkanes of at least 4 members (excludes halogenated alkanes) is 4. The molecule has 11 heavy (non-hydrogen) atoms. The van der Waals surface area contributed by atoms with E-state index in [1.54, 1.807) is 0 Å². The van der Waals surface area contributed by atoms with Crippen LogP contribution in [0.2, 0.25) is 0 Å². The standard InChI is InChI=1S/C7H16O3S/c1-2-3-4-5-6-7-11(8,9)10/h2-7H2,1H3,(H,8,9,10)/p-1. The Kier molecular flexibility index (Phi) is 5.50. The third kappa shape index (κ3) is 9.91. The molecule has 0 aliphatic rings. The first-order valence-corrected chi connectivity index (χ1v) is 5.57. The van der Waals surface area contributed by atoms with E-state index < -0.39 is 10.1 Å². The molecule has 0 aromatic heterocycles. The summed E-state index contributed by atoms with van der Waals surface area (Å²) in [6.07, 6.45) is 4.66. The molecule has 0 aromatic rings. The Morgan fingerprint density at radius 1 is 1.09 bits per heavy atom. The summed E-state index contributed by atoms with van der Waals surface area (Å²) in [6, 6.07) is 0. The third-order valence-electron chi connectivity index (χ3n) is 1.50. The predicted molar refractivity (Wildman–Crippen MR) is 43.3 cm³/mol. The molecular weight excluding hydrogens is 164 g/mol. The predicted octanol–water partition coefficient (Wildman–Crippen LogP) is 1.50. The second-order valence-electron chi connectivity index (χ2n) is 2.68. The summed E-state index contributed by atoms with van der Waals surface area (Å²) in [4.78, 5) is 0. The maximum Gasteiger partial charge on any atom is 0.0945 e. The minimum absolute atomic E-state index is 0.198. The van der Waals surface area contributed by atoms with Crippen molar-refractivity contribution in [1.82, 2.24) is 0 Å². The van der Waals surface area contributed by atoms with Gasteiger partial charge >= 0.3 is 0 Å². The molecule has 0 aromatic carbocycles. The molecule has 3 nitrogen and oxygen atoms in total. The fraction of sp³-hybridized carbons (Fsp3) is 1.00. The van der Waals surface area contributed by atoms with Crippen LogP contribution >= 0.6 is 0 Å². The molecule has 0 aliphatic heterocycles. The van der Waals surface area contributed by atoms with Gasteiger partial charge in [0.15, 0.2) is 0 Å². The summed E-state index contributed by atoms with van der Waals surface area (Å²) >= 11 is 0. The lowest BCUT2D eigenvalue weighted by atomic mass is 10.2. The second-order valence-corrected chi connectivity index (χ2v) is 4.20. The van der Waals surface area contributed by atoms with Crippen molar-refractivity contribution in [2.45, 2.75) is 39.0 Å². The van der Waals surface area contributed by atoms with Crippen LogP contribution in [0.5, 0.6) is 0 Å². The van der Waals surface area contributed by atoms with Gasteiger partial charge < -0.3 is 4.55 Å². The van der Waals surface area contributed by atoms with Crippen LogP contribution in [0, 0.1) is 0 Å². The van der Waals surface area contributed by atoms with Crippen LogP contribution in [0.4, 0.5) is 0 Å². The van der Waals surface area contributed by atoms with E-state index in [1.807, 2.05) is 0 Å². The molecule has 0 unspecified atom stereocenters. The van der Waals surface area contributed by atoms with Gasteiger partial charge in [0.2, 0.25) is 0 Å². The minimum atomic E-state index is -3.96. The molecule has 4 heteroatoms. The summed E-state index contributed by atoms with van der Waals surface area (Å²) in [5.41, 5.74) is 0. The maximum atomic E-state index is 10.1. The number of hydrogen-bond acceptors (Lipinski definition) is 3. The Bertz CT molecular complexity index is 172. The average Bonchev–Trinajstić information content (AvgIpc) is 1.85. The molecule has 0 saturated carbocycles. The van der Waals surface area contributed by atoms with Gasteiger partial charge in [0.1, 0.15) is 0 Å². The normalized spacial score (nSPS) is 11.8. The third-order valence-corrected chi connectivity index (χ3v) is 2.29. The van der Waals surface area contributed by atoms with E-state index in [1.165, 1.54) is 0 Å². The molecule has 0 bridgehead atoms. The Labute approximate surface area is 68.6 Å². The van der Waals surface area contributed by atoms with Crippen LogP contribution in [0.25, 0.3) is 0 Å². The lowest BCUT2D eigenvalue weighted by Gasteiger charge is -2.05. The Morgan fingerprint density at radius 3 is 2.09 bits per heavy atom. The largest absolute Gasteiger partial charge is 0.748 e. The molecule has 0 aliphatic carbocycles. The summed E-state index contributed by atoms with van der Waals surface area (Å²) in [5, 5.41) is 0. The molecule has 0 spiro atoms. The number of hydrogen-bond donors (Lipinski definition) is 0. The van der Waals surface area contributed by atoms with Crippen molar-refractivity contribution >= 4 is 10.1 Å². The summed E-state index contributed by atoms with van der Waals surface area (Å²) in [7, 11) is -3.96. The molecule has 0 fully saturated rings. The van der Waals surface area contributed by atoms with E-state index >= 15 is 0 Å². The van der Waals surface area contributed by atoms with Gasteiger partial charge in [0.25, 0.3) is 0 Å². The van der Waals surface area contributed by atoms with Gasteiger partial charge in [-0.25, -0.2) is 8.42 Å². The number of rotatable bonds is 6. The minimum Gasteiger partial charge on any atom is -0.748 e.